The molecule has 5 nitrogen and oxygen atoms in total. The van der Waals surface area contributed by atoms with Gasteiger partial charge in [-0.25, -0.2) is 13.8 Å². The van der Waals surface area contributed by atoms with Crippen LogP contribution in [0.25, 0.3) is 12.2 Å². The Balaban J connectivity index is 1.34. The Bertz CT molecular complexity index is 1050. The maximum absolute atomic E-state index is 14.0. The number of rotatable bonds is 8. The van der Waals surface area contributed by atoms with E-state index in [2.05, 4.69) is 15.2 Å². The Kier molecular flexibility index (Phi) is 6.23. The topological polar surface area (TPSA) is 61.9 Å². The zero-order valence-corrected chi connectivity index (χ0v) is 16.9. The van der Waals surface area contributed by atoms with Crippen molar-refractivity contribution in [3.63, 3.8) is 0 Å². The number of halogens is 2. The van der Waals surface area contributed by atoms with Crippen molar-refractivity contribution in [3.8, 4) is 0 Å². The normalized spacial score (nSPS) is 13.7. The molecule has 0 spiro atoms. The van der Waals surface area contributed by atoms with Crippen LogP contribution in [0.15, 0.2) is 53.7 Å². The maximum Gasteiger partial charge on any atom is 0.233 e. The molecule has 8 heteroatoms. The Labute approximate surface area is 177 Å². The van der Waals surface area contributed by atoms with Crippen LogP contribution in [0, 0.1) is 11.6 Å². The fraction of sp³-hybridized carbons (Fsp3) is 0.227. The van der Waals surface area contributed by atoms with E-state index in [1.165, 1.54) is 30.0 Å². The third kappa shape index (κ3) is 5.33. The molecule has 0 atom stereocenters. The van der Waals surface area contributed by atoms with Gasteiger partial charge in [0.1, 0.15) is 17.5 Å². The number of thioether (sulfide) groups is 1. The zero-order chi connectivity index (χ0) is 20.9. The van der Waals surface area contributed by atoms with Crippen LogP contribution >= 0.6 is 11.8 Å². The molecular formula is C22H20F2N4OS. The van der Waals surface area contributed by atoms with Gasteiger partial charge in [-0.2, -0.15) is 0 Å². The lowest BCUT2D eigenvalue weighted by Crippen LogP contribution is -2.34. The van der Waals surface area contributed by atoms with E-state index in [1.807, 2.05) is 0 Å². The highest BCUT2D eigenvalue weighted by molar-refractivity contribution is 7.99. The molecule has 0 unspecified atom stereocenters. The van der Waals surface area contributed by atoms with Crippen molar-refractivity contribution in [2.75, 3.05) is 5.75 Å². The first-order chi connectivity index (χ1) is 14.6. The number of nitrogens with one attached hydrogen (secondary N) is 1. The summed E-state index contributed by atoms with van der Waals surface area (Å²) in [6.07, 6.45) is 5.43. The summed E-state index contributed by atoms with van der Waals surface area (Å²) in [5.41, 5.74) is 1.36. The van der Waals surface area contributed by atoms with Crippen LogP contribution in [-0.2, 0) is 11.3 Å². The average molecular weight is 426 g/mol. The van der Waals surface area contributed by atoms with E-state index in [0.29, 0.717) is 16.5 Å². The Morgan fingerprint density at radius 2 is 1.90 bits per heavy atom. The number of amides is 1. The first kappa shape index (κ1) is 20.3. The number of hydrogen-bond donors (Lipinski definition) is 1. The average Bonchev–Trinajstić information content (AvgIpc) is 3.49. The molecule has 1 heterocycles. The van der Waals surface area contributed by atoms with Gasteiger partial charge < -0.3 is 4.90 Å². The SMILES string of the molecule is O=C(CSc1n[nH]c(/C=C/c2ccc(F)cc2)n1)N(Cc1ccccc1F)C1CC1. The highest BCUT2D eigenvalue weighted by Crippen LogP contribution is 2.30. The van der Waals surface area contributed by atoms with Crippen molar-refractivity contribution in [1.29, 1.82) is 0 Å². The summed E-state index contributed by atoms with van der Waals surface area (Å²) in [5.74, 6) is 0.0865. The summed E-state index contributed by atoms with van der Waals surface area (Å²) >= 11 is 1.24. The molecule has 4 rings (SSSR count). The smallest absolute Gasteiger partial charge is 0.233 e. The van der Waals surface area contributed by atoms with Crippen molar-refractivity contribution < 1.29 is 13.6 Å². The van der Waals surface area contributed by atoms with Crippen LogP contribution in [0.3, 0.4) is 0 Å². The molecule has 3 aromatic rings. The summed E-state index contributed by atoms with van der Waals surface area (Å²) < 4.78 is 26.9. The van der Waals surface area contributed by atoms with E-state index in [-0.39, 0.29) is 35.9 Å². The van der Waals surface area contributed by atoms with Gasteiger partial charge in [-0.3, -0.25) is 9.89 Å². The minimum atomic E-state index is -0.296. The van der Waals surface area contributed by atoms with Gasteiger partial charge in [-0.1, -0.05) is 48.2 Å². The summed E-state index contributed by atoms with van der Waals surface area (Å²) in [6, 6.07) is 12.8. The van der Waals surface area contributed by atoms with E-state index < -0.39 is 0 Å². The van der Waals surface area contributed by atoms with Gasteiger partial charge in [-0.05, 0) is 42.7 Å². The molecule has 1 saturated carbocycles. The van der Waals surface area contributed by atoms with Crippen molar-refractivity contribution >= 4 is 29.8 Å². The lowest BCUT2D eigenvalue weighted by molar-refractivity contribution is -0.129. The molecule has 1 aliphatic rings. The first-order valence-corrected chi connectivity index (χ1v) is 10.6. The molecule has 1 amide bonds. The molecule has 1 N–H and O–H groups in total. The molecule has 1 fully saturated rings. The number of aromatic amines is 1. The molecule has 0 radical (unpaired) electrons. The predicted molar refractivity (Wildman–Crippen MR) is 112 cm³/mol. The van der Waals surface area contributed by atoms with Crippen molar-refractivity contribution in [2.45, 2.75) is 30.6 Å². The van der Waals surface area contributed by atoms with Crippen LogP contribution in [-0.4, -0.2) is 37.8 Å². The number of carbonyl (C=O) groups excluding carboxylic acids is 1. The molecule has 0 aliphatic heterocycles. The monoisotopic (exact) mass is 426 g/mol. The first-order valence-electron chi connectivity index (χ1n) is 9.60. The van der Waals surface area contributed by atoms with E-state index in [1.54, 1.807) is 47.4 Å². The number of nitrogens with zero attached hydrogens (tertiary/aromatic N) is 3. The van der Waals surface area contributed by atoms with Crippen LogP contribution in [0.4, 0.5) is 8.78 Å². The third-order valence-electron chi connectivity index (χ3n) is 4.72. The molecule has 2 aromatic carbocycles. The van der Waals surface area contributed by atoms with Crippen LogP contribution < -0.4 is 0 Å². The van der Waals surface area contributed by atoms with Gasteiger partial charge in [0.15, 0.2) is 0 Å². The predicted octanol–water partition coefficient (Wildman–Crippen LogP) is 4.54. The molecule has 1 aliphatic carbocycles. The van der Waals surface area contributed by atoms with Crippen molar-refractivity contribution in [2.24, 2.45) is 0 Å². The molecular weight excluding hydrogens is 406 g/mol. The Morgan fingerprint density at radius 3 is 2.63 bits per heavy atom. The lowest BCUT2D eigenvalue weighted by atomic mass is 10.2. The standard InChI is InChI=1S/C22H20F2N4OS/c23-17-8-5-15(6-9-17)7-12-20-25-22(27-26-20)30-14-21(29)28(18-10-11-18)13-16-3-1-2-4-19(16)24/h1-9,12,18H,10-11,13-14H2,(H,25,26,27)/b12-7+. The number of H-pyrrole nitrogens is 1. The van der Waals surface area contributed by atoms with Gasteiger partial charge in [-0.15, -0.1) is 5.10 Å². The highest BCUT2D eigenvalue weighted by Gasteiger charge is 2.33. The number of benzene rings is 2. The van der Waals surface area contributed by atoms with Gasteiger partial charge >= 0.3 is 0 Å². The van der Waals surface area contributed by atoms with Crippen LogP contribution in [0.5, 0.6) is 0 Å². The molecule has 30 heavy (non-hydrogen) atoms. The van der Waals surface area contributed by atoms with Crippen LogP contribution in [0.2, 0.25) is 0 Å². The summed E-state index contributed by atoms with van der Waals surface area (Å²) in [4.78, 5) is 18.8. The minimum absolute atomic E-state index is 0.0565. The Morgan fingerprint density at radius 1 is 1.13 bits per heavy atom. The molecule has 0 saturated heterocycles. The molecule has 1 aromatic heterocycles. The quantitative estimate of drug-likeness (QED) is 0.538. The van der Waals surface area contributed by atoms with Gasteiger partial charge in [0.25, 0.3) is 0 Å². The largest absolute Gasteiger partial charge is 0.335 e. The van der Waals surface area contributed by atoms with Gasteiger partial charge in [0.2, 0.25) is 11.1 Å². The van der Waals surface area contributed by atoms with Crippen molar-refractivity contribution in [1.82, 2.24) is 20.1 Å². The fourth-order valence-electron chi connectivity index (χ4n) is 2.97. The third-order valence-corrected chi connectivity index (χ3v) is 5.55. The van der Waals surface area contributed by atoms with E-state index in [9.17, 15) is 13.6 Å². The summed E-state index contributed by atoms with van der Waals surface area (Å²) in [5, 5.41) is 7.38. The van der Waals surface area contributed by atoms with Crippen molar-refractivity contribution in [3.05, 3.63) is 77.1 Å². The van der Waals surface area contributed by atoms with E-state index >= 15 is 0 Å². The van der Waals surface area contributed by atoms with Crippen LogP contribution in [0.1, 0.15) is 29.8 Å². The Hall–Kier alpha value is -3.00. The molecule has 0 bridgehead atoms. The second kappa shape index (κ2) is 9.21. The number of hydrogen-bond acceptors (Lipinski definition) is 4. The van der Waals surface area contributed by atoms with E-state index in [0.717, 1.165) is 18.4 Å². The number of carbonyl (C=O) groups is 1. The van der Waals surface area contributed by atoms with Gasteiger partial charge in [0, 0.05) is 18.2 Å². The second-order valence-corrected chi connectivity index (χ2v) is 7.96. The summed E-state index contributed by atoms with van der Waals surface area (Å²) in [6.45, 7) is 0.274. The fourth-order valence-corrected chi connectivity index (χ4v) is 3.66. The lowest BCUT2D eigenvalue weighted by Gasteiger charge is -2.22. The highest BCUT2D eigenvalue weighted by atomic mass is 32.2. The zero-order valence-electron chi connectivity index (χ0n) is 16.1. The number of aromatic nitrogens is 3. The summed E-state index contributed by atoms with van der Waals surface area (Å²) in [7, 11) is 0. The second-order valence-electron chi connectivity index (χ2n) is 7.02. The maximum atomic E-state index is 14.0. The van der Waals surface area contributed by atoms with Gasteiger partial charge in [0.05, 0.1) is 5.75 Å². The molecule has 154 valence electrons. The minimum Gasteiger partial charge on any atom is -0.335 e. The van der Waals surface area contributed by atoms with E-state index in [4.69, 9.17) is 0 Å².